The number of para-hydroxylation sites is 3. The van der Waals surface area contributed by atoms with E-state index in [1.54, 1.807) is 4.90 Å². The highest BCUT2D eigenvalue weighted by atomic mass is 16.5. The normalized spacial score (nSPS) is 12.2. The fourth-order valence-electron chi connectivity index (χ4n) is 3.60. The molecular formula is C23H28N4O3. The van der Waals surface area contributed by atoms with E-state index in [4.69, 9.17) is 9.72 Å². The van der Waals surface area contributed by atoms with Crippen molar-refractivity contribution in [1.29, 1.82) is 0 Å². The Morgan fingerprint density at radius 2 is 1.73 bits per heavy atom. The number of ether oxygens (including phenoxy) is 1. The molecule has 0 aliphatic carbocycles. The number of nitrogens with one attached hydrogen (secondary N) is 1. The van der Waals surface area contributed by atoms with Gasteiger partial charge in [0, 0.05) is 18.8 Å². The fourth-order valence-corrected chi connectivity index (χ4v) is 3.60. The summed E-state index contributed by atoms with van der Waals surface area (Å²) in [4.78, 5) is 31.9. The van der Waals surface area contributed by atoms with Gasteiger partial charge in [0.05, 0.1) is 17.1 Å². The van der Waals surface area contributed by atoms with Crippen LogP contribution in [0.4, 0.5) is 5.69 Å². The summed E-state index contributed by atoms with van der Waals surface area (Å²) < 4.78 is 6.78. The van der Waals surface area contributed by atoms with Gasteiger partial charge in [-0.3, -0.25) is 9.59 Å². The molecule has 7 nitrogen and oxygen atoms in total. The molecular weight excluding hydrogens is 380 g/mol. The number of benzene rings is 2. The van der Waals surface area contributed by atoms with Crippen LogP contribution in [-0.2, 0) is 20.9 Å². The molecule has 3 rings (SSSR count). The lowest BCUT2D eigenvalue weighted by atomic mass is 10.2. The molecule has 7 heteroatoms. The van der Waals surface area contributed by atoms with Crippen molar-refractivity contribution < 1.29 is 14.3 Å². The molecule has 1 N–H and O–H groups in total. The van der Waals surface area contributed by atoms with Gasteiger partial charge < -0.3 is 19.5 Å². The van der Waals surface area contributed by atoms with E-state index in [0.29, 0.717) is 5.82 Å². The molecule has 0 aliphatic heterocycles. The summed E-state index contributed by atoms with van der Waals surface area (Å²) >= 11 is 0. The molecule has 1 atom stereocenters. The zero-order chi connectivity index (χ0) is 21.7. The third kappa shape index (κ3) is 4.68. The molecule has 0 spiro atoms. The van der Waals surface area contributed by atoms with Gasteiger partial charge in [0.25, 0.3) is 0 Å². The lowest BCUT2D eigenvalue weighted by molar-refractivity contribution is -0.125. The van der Waals surface area contributed by atoms with Gasteiger partial charge in [-0.25, -0.2) is 4.98 Å². The van der Waals surface area contributed by atoms with Crippen molar-refractivity contribution in [1.82, 2.24) is 14.9 Å². The van der Waals surface area contributed by atoms with Crippen LogP contribution >= 0.6 is 0 Å². The number of hydrogen-bond donors (Lipinski definition) is 1. The summed E-state index contributed by atoms with van der Waals surface area (Å²) in [6.45, 7) is 5.93. The summed E-state index contributed by atoms with van der Waals surface area (Å²) in [5, 5.41) is 2.88. The van der Waals surface area contributed by atoms with Crippen LogP contribution in [0, 0.1) is 0 Å². The van der Waals surface area contributed by atoms with Gasteiger partial charge in [-0.05, 0) is 45.0 Å². The number of methoxy groups -OCH3 is 1. The maximum absolute atomic E-state index is 13.4. The van der Waals surface area contributed by atoms with Crippen LogP contribution < -0.4 is 10.2 Å². The zero-order valence-electron chi connectivity index (χ0n) is 17.8. The summed E-state index contributed by atoms with van der Waals surface area (Å²) in [5.74, 6) is 0.352. The number of imidazole rings is 1. The molecule has 1 unspecified atom stereocenters. The van der Waals surface area contributed by atoms with Crippen molar-refractivity contribution in [2.24, 2.45) is 0 Å². The molecule has 0 bridgehead atoms. The van der Waals surface area contributed by atoms with E-state index in [1.165, 1.54) is 7.11 Å². The smallest absolute Gasteiger partial charge is 0.247 e. The number of aromatic nitrogens is 2. The maximum atomic E-state index is 13.4. The van der Waals surface area contributed by atoms with Gasteiger partial charge >= 0.3 is 0 Å². The second kappa shape index (κ2) is 9.54. The molecule has 0 radical (unpaired) electrons. The summed E-state index contributed by atoms with van der Waals surface area (Å²) in [7, 11) is 1.47. The Hall–Kier alpha value is -3.19. The predicted molar refractivity (Wildman–Crippen MR) is 117 cm³/mol. The number of anilines is 1. The first-order chi connectivity index (χ1) is 14.4. The Morgan fingerprint density at radius 3 is 2.40 bits per heavy atom. The zero-order valence-corrected chi connectivity index (χ0v) is 17.8. The largest absolute Gasteiger partial charge is 0.375 e. The van der Waals surface area contributed by atoms with E-state index in [-0.39, 0.29) is 37.0 Å². The predicted octanol–water partition coefficient (Wildman–Crippen LogP) is 3.30. The van der Waals surface area contributed by atoms with Crippen LogP contribution in [0.5, 0.6) is 0 Å². The van der Waals surface area contributed by atoms with Crippen LogP contribution in [0.2, 0.25) is 0 Å². The Labute approximate surface area is 176 Å². The van der Waals surface area contributed by atoms with Crippen LogP contribution in [0.15, 0.2) is 54.6 Å². The Bertz CT molecular complexity index is 1010. The number of hydrogen-bond acceptors (Lipinski definition) is 4. The van der Waals surface area contributed by atoms with E-state index < -0.39 is 0 Å². The minimum absolute atomic E-state index is 0.00281. The van der Waals surface area contributed by atoms with E-state index in [0.717, 1.165) is 16.7 Å². The Balaban J connectivity index is 1.96. The molecule has 0 fully saturated rings. The first-order valence-electron chi connectivity index (χ1n) is 10.0. The number of amides is 2. The van der Waals surface area contributed by atoms with E-state index in [2.05, 4.69) is 5.32 Å². The van der Waals surface area contributed by atoms with Crippen molar-refractivity contribution in [3.05, 3.63) is 60.4 Å². The lowest BCUT2D eigenvalue weighted by Crippen LogP contribution is -2.40. The van der Waals surface area contributed by atoms with E-state index >= 15 is 0 Å². The molecule has 30 heavy (non-hydrogen) atoms. The fraction of sp³-hybridized carbons (Fsp3) is 0.348. The number of fused-ring (bicyclic) bond motifs is 1. The van der Waals surface area contributed by atoms with Crippen molar-refractivity contribution in [2.75, 3.05) is 18.6 Å². The van der Waals surface area contributed by atoms with Crippen molar-refractivity contribution in [3.63, 3.8) is 0 Å². The number of nitrogens with zero attached hydrogens (tertiary/aromatic N) is 3. The summed E-state index contributed by atoms with van der Waals surface area (Å²) in [6.07, 6.45) is 0. The van der Waals surface area contributed by atoms with Crippen molar-refractivity contribution >= 4 is 28.5 Å². The van der Waals surface area contributed by atoms with Gasteiger partial charge in [0.15, 0.2) is 0 Å². The van der Waals surface area contributed by atoms with Crippen LogP contribution in [0.1, 0.15) is 32.6 Å². The molecule has 1 heterocycles. The second-order valence-electron chi connectivity index (χ2n) is 7.46. The standard InChI is InChI=1S/C23H28N4O3/c1-16(2)27(18-10-6-5-7-11-18)22(29)14-26-20-13-9-8-12-19(20)25-23(26)17(3)24-21(28)15-30-4/h5-13,16-17H,14-15H2,1-4H3,(H,24,28). The molecule has 158 valence electrons. The van der Waals surface area contributed by atoms with Gasteiger partial charge in [-0.2, -0.15) is 0 Å². The van der Waals surface area contributed by atoms with Gasteiger partial charge in [-0.1, -0.05) is 30.3 Å². The molecule has 3 aromatic rings. The van der Waals surface area contributed by atoms with Crippen molar-refractivity contribution in [2.45, 2.75) is 39.4 Å². The van der Waals surface area contributed by atoms with Crippen LogP contribution in [0.25, 0.3) is 11.0 Å². The van der Waals surface area contributed by atoms with E-state index in [1.807, 2.05) is 79.9 Å². The van der Waals surface area contributed by atoms with Gasteiger partial charge in [-0.15, -0.1) is 0 Å². The highest BCUT2D eigenvalue weighted by molar-refractivity contribution is 5.94. The van der Waals surface area contributed by atoms with Crippen LogP contribution in [-0.4, -0.2) is 41.1 Å². The monoisotopic (exact) mass is 408 g/mol. The van der Waals surface area contributed by atoms with Gasteiger partial charge in [0.1, 0.15) is 19.0 Å². The minimum Gasteiger partial charge on any atom is -0.375 e. The topological polar surface area (TPSA) is 76.5 Å². The quantitative estimate of drug-likeness (QED) is 0.620. The average Bonchev–Trinajstić information content (AvgIpc) is 3.07. The number of rotatable bonds is 8. The second-order valence-corrected chi connectivity index (χ2v) is 7.46. The van der Waals surface area contributed by atoms with E-state index in [9.17, 15) is 9.59 Å². The molecule has 0 saturated carbocycles. The lowest BCUT2D eigenvalue weighted by Gasteiger charge is -2.28. The third-order valence-corrected chi connectivity index (χ3v) is 4.84. The molecule has 2 amide bonds. The number of carbonyl (C=O) groups is 2. The molecule has 0 aliphatic rings. The average molecular weight is 409 g/mol. The summed E-state index contributed by atoms with van der Waals surface area (Å²) in [6, 6.07) is 16.9. The number of carbonyl (C=O) groups excluding carboxylic acids is 2. The first-order valence-corrected chi connectivity index (χ1v) is 10.0. The summed E-state index contributed by atoms with van der Waals surface area (Å²) in [5.41, 5.74) is 2.49. The van der Waals surface area contributed by atoms with Gasteiger partial charge in [0.2, 0.25) is 11.8 Å². The highest BCUT2D eigenvalue weighted by Crippen LogP contribution is 2.23. The molecule has 0 saturated heterocycles. The maximum Gasteiger partial charge on any atom is 0.247 e. The first kappa shape index (κ1) is 21.5. The molecule has 1 aromatic heterocycles. The third-order valence-electron chi connectivity index (χ3n) is 4.84. The van der Waals surface area contributed by atoms with Crippen LogP contribution in [0.3, 0.4) is 0 Å². The minimum atomic E-state index is -0.378. The Kier molecular flexibility index (Phi) is 6.84. The molecule has 2 aromatic carbocycles. The SMILES string of the molecule is COCC(=O)NC(C)c1nc2ccccc2n1CC(=O)N(c1ccccc1)C(C)C. The Morgan fingerprint density at radius 1 is 1.07 bits per heavy atom. The highest BCUT2D eigenvalue weighted by Gasteiger charge is 2.24. The van der Waals surface area contributed by atoms with Crippen molar-refractivity contribution in [3.8, 4) is 0 Å².